The molecular weight excluding hydrogens is 330 g/mol. The number of aromatic amines is 1. The second-order valence-electron chi connectivity index (χ2n) is 8.16. The van der Waals surface area contributed by atoms with Gasteiger partial charge in [0.1, 0.15) is 0 Å². The first-order valence-corrected chi connectivity index (χ1v) is 9.50. The normalized spacial score (nSPS) is 24.5. The van der Waals surface area contributed by atoms with Crippen LogP contribution in [0.3, 0.4) is 0 Å². The number of nitrogens with zero attached hydrogens (tertiary/aromatic N) is 4. The molecule has 0 unspecified atom stereocenters. The third-order valence-corrected chi connectivity index (χ3v) is 5.84. The molecule has 26 heavy (non-hydrogen) atoms. The minimum atomic E-state index is -0.244. The quantitative estimate of drug-likeness (QED) is 0.905. The molecule has 2 saturated heterocycles. The number of H-pyrrole nitrogens is 1. The Bertz CT molecular complexity index is 899. The summed E-state index contributed by atoms with van der Waals surface area (Å²) in [5, 5.41) is 2.99. The molecule has 0 bridgehead atoms. The third kappa shape index (κ3) is 2.84. The molecule has 0 saturated carbocycles. The van der Waals surface area contributed by atoms with Gasteiger partial charge in [0.05, 0.1) is 11.1 Å². The van der Waals surface area contributed by atoms with Crippen LogP contribution in [0.25, 0.3) is 5.65 Å². The molecule has 7 nitrogen and oxygen atoms in total. The van der Waals surface area contributed by atoms with Crippen LogP contribution in [0.1, 0.15) is 44.5 Å². The smallest absolute Gasteiger partial charge is 0.272 e. The molecule has 1 N–H and O–H groups in total. The molecule has 2 fully saturated rings. The van der Waals surface area contributed by atoms with Crippen LogP contribution in [0.15, 0.2) is 16.9 Å². The zero-order valence-corrected chi connectivity index (χ0v) is 15.8. The summed E-state index contributed by atoms with van der Waals surface area (Å²) in [5.41, 5.74) is 2.00. The van der Waals surface area contributed by atoms with Gasteiger partial charge in [0, 0.05) is 43.5 Å². The fourth-order valence-corrected chi connectivity index (χ4v) is 4.54. The molecule has 2 aliphatic heterocycles. The Morgan fingerprint density at radius 3 is 2.81 bits per heavy atom. The fourth-order valence-electron chi connectivity index (χ4n) is 4.54. The molecule has 1 atom stereocenters. The Labute approximate surface area is 153 Å². The van der Waals surface area contributed by atoms with Crippen LogP contribution < -0.4 is 5.56 Å². The second-order valence-corrected chi connectivity index (χ2v) is 8.16. The number of piperidine rings is 1. The van der Waals surface area contributed by atoms with Gasteiger partial charge in [-0.3, -0.25) is 19.6 Å². The SMILES string of the molecule is Cc1cc2nc(CN3CC[C@]4(CCCN(C(C)C)C4=O)C3)cc(=O)n2[nH]1. The number of hydrogen-bond donors (Lipinski definition) is 1. The largest absolute Gasteiger partial charge is 0.340 e. The average molecular weight is 357 g/mol. The van der Waals surface area contributed by atoms with Gasteiger partial charge in [0.2, 0.25) is 5.91 Å². The number of aromatic nitrogens is 3. The predicted octanol–water partition coefficient (Wildman–Crippen LogP) is 1.55. The standard InChI is InChI=1S/C19H27N5O2/c1-13(2)23-7-4-5-19(18(23)26)6-8-22(12-19)11-15-10-17(25)24-16(20-15)9-14(3)21-24/h9-10,13,21H,4-8,11-12H2,1-3H3/t19-/m1/s1. The lowest BCUT2D eigenvalue weighted by Gasteiger charge is -2.41. The molecule has 1 spiro atoms. The summed E-state index contributed by atoms with van der Waals surface area (Å²) in [4.78, 5) is 34.2. The lowest BCUT2D eigenvalue weighted by molar-refractivity contribution is -0.147. The van der Waals surface area contributed by atoms with E-state index in [0.29, 0.717) is 18.1 Å². The van der Waals surface area contributed by atoms with E-state index in [1.807, 2.05) is 17.9 Å². The summed E-state index contributed by atoms with van der Waals surface area (Å²) in [6.45, 7) is 9.23. The molecule has 140 valence electrons. The molecule has 1 amide bonds. The first-order chi connectivity index (χ1) is 12.4. The van der Waals surface area contributed by atoms with E-state index in [0.717, 1.165) is 50.3 Å². The van der Waals surface area contributed by atoms with Crippen molar-refractivity contribution in [1.82, 2.24) is 24.4 Å². The highest BCUT2D eigenvalue weighted by Gasteiger charge is 2.48. The van der Waals surface area contributed by atoms with Crippen molar-refractivity contribution in [2.24, 2.45) is 5.41 Å². The topological polar surface area (TPSA) is 73.7 Å². The van der Waals surface area contributed by atoms with E-state index < -0.39 is 0 Å². The molecule has 7 heteroatoms. The van der Waals surface area contributed by atoms with Crippen LogP contribution in [0.5, 0.6) is 0 Å². The van der Waals surface area contributed by atoms with Crippen molar-refractivity contribution in [3.05, 3.63) is 33.9 Å². The number of likely N-dealkylation sites (tertiary alicyclic amines) is 2. The number of nitrogens with one attached hydrogen (secondary N) is 1. The van der Waals surface area contributed by atoms with Crippen LogP contribution in [0, 0.1) is 12.3 Å². The van der Waals surface area contributed by atoms with Gasteiger partial charge in [-0.1, -0.05) is 0 Å². The summed E-state index contributed by atoms with van der Waals surface area (Å²) in [7, 11) is 0. The molecule has 4 rings (SSSR count). The monoisotopic (exact) mass is 357 g/mol. The molecule has 2 aliphatic rings. The molecule has 4 heterocycles. The number of amides is 1. The lowest BCUT2D eigenvalue weighted by Crippen LogP contribution is -2.52. The summed E-state index contributed by atoms with van der Waals surface area (Å²) in [6.07, 6.45) is 2.95. The van der Waals surface area contributed by atoms with Gasteiger partial charge >= 0.3 is 0 Å². The number of carbonyl (C=O) groups excluding carboxylic acids is 1. The summed E-state index contributed by atoms with van der Waals surface area (Å²) >= 11 is 0. The van der Waals surface area contributed by atoms with Crippen LogP contribution in [0.2, 0.25) is 0 Å². The van der Waals surface area contributed by atoms with Crippen molar-refractivity contribution in [2.45, 2.75) is 52.6 Å². The van der Waals surface area contributed by atoms with Gasteiger partial charge in [0.25, 0.3) is 5.56 Å². The average Bonchev–Trinajstić information content (AvgIpc) is 3.14. The highest BCUT2D eigenvalue weighted by Crippen LogP contribution is 2.40. The van der Waals surface area contributed by atoms with E-state index in [9.17, 15) is 9.59 Å². The van der Waals surface area contributed by atoms with Crippen molar-refractivity contribution in [3.63, 3.8) is 0 Å². The van der Waals surface area contributed by atoms with Crippen LogP contribution in [0.4, 0.5) is 0 Å². The maximum atomic E-state index is 13.0. The molecular formula is C19H27N5O2. The Hall–Kier alpha value is -2.15. The maximum Gasteiger partial charge on any atom is 0.272 e. The number of hydrogen-bond acceptors (Lipinski definition) is 4. The number of fused-ring (bicyclic) bond motifs is 1. The first-order valence-electron chi connectivity index (χ1n) is 9.50. The van der Waals surface area contributed by atoms with Crippen LogP contribution in [-0.2, 0) is 11.3 Å². The highest BCUT2D eigenvalue weighted by molar-refractivity contribution is 5.84. The molecule has 0 aliphatic carbocycles. The van der Waals surface area contributed by atoms with Crippen molar-refractivity contribution in [1.29, 1.82) is 0 Å². The van der Waals surface area contributed by atoms with Gasteiger partial charge in [-0.25, -0.2) is 9.50 Å². The number of carbonyl (C=O) groups is 1. The van der Waals surface area contributed by atoms with Gasteiger partial charge in [-0.05, 0) is 46.6 Å². The van der Waals surface area contributed by atoms with Gasteiger partial charge in [-0.2, -0.15) is 0 Å². The highest BCUT2D eigenvalue weighted by atomic mass is 16.2. The fraction of sp³-hybridized carbons (Fsp3) is 0.632. The zero-order valence-electron chi connectivity index (χ0n) is 15.8. The van der Waals surface area contributed by atoms with E-state index in [4.69, 9.17) is 0 Å². The van der Waals surface area contributed by atoms with Crippen molar-refractivity contribution < 1.29 is 4.79 Å². The second kappa shape index (κ2) is 6.23. The Morgan fingerprint density at radius 2 is 2.04 bits per heavy atom. The van der Waals surface area contributed by atoms with Crippen LogP contribution >= 0.6 is 0 Å². The minimum absolute atomic E-state index is 0.0910. The molecule has 0 radical (unpaired) electrons. The van der Waals surface area contributed by atoms with Gasteiger partial charge in [0.15, 0.2) is 5.65 Å². The van der Waals surface area contributed by atoms with Crippen molar-refractivity contribution in [3.8, 4) is 0 Å². The third-order valence-electron chi connectivity index (χ3n) is 5.84. The van der Waals surface area contributed by atoms with E-state index in [-0.39, 0.29) is 17.0 Å². The van der Waals surface area contributed by atoms with E-state index in [2.05, 4.69) is 28.8 Å². The Morgan fingerprint density at radius 1 is 1.23 bits per heavy atom. The summed E-state index contributed by atoms with van der Waals surface area (Å²) in [6, 6.07) is 3.73. The van der Waals surface area contributed by atoms with Crippen molar-refractivity contribution in [2.75, 3.05) is 19.6 Å². The van der Waals surface area contributed by atoms with E-state index in [1.54, 1.807) is 6.07 Å². The molecule has 0 aromatic carbocycles. The van der Waals surface area contributed by atoms with E-state index in [1.165, 1.54) is 4.52 Å². The lowest BCUT2D eigenvalue weighted by atomic mass is 9.78. The number of aryl methyl sites for hydroxylation is 1. The van der Waals surface area contributed by atoms with Crippen LogP contribution in [-0.4, -0.2) is 56.0 Å². The van der Waals surface area contributed by atoms with E-state index >= 15 is 0 Å². The first kappa shape index (κ1) is 17.3. The predicted molar refractivity (Wildman–Crippen MR) is 99.0 cm³/mol. The maximum absolute atomic E-state index is 13.0. The Kier molecular flexibility index (Phi) is 4.14. The Balaban J connectivity index is 1.53. The zero-order chi connectivity index (χ0) is 18.5. The van der Waals surface area contributed by atoms with Gasteiger partial charge < -0.3 is 4.90 Å². The summed E-state index contributed by atoms with van der Waals surface area (Å²) < 4.78 is 1.47. The molecule has 2 aromatic rings. The minimum Gasteiger partial charge on any atom is -0.340 e. The van der Waals surface area contributed by atoms with Crippen molar-refractivity contribution >= 4 is 11.6 Å². The molecule has 2 aromatic heterocycles. The summed E-state index contributed by atoms with van der Waals surface area (Å²) in [5.74, 6) is 0.311. The van der Waals surface area contributed by atoms with Gasteiger partial charge in [-0.15, -0.1) is 0 Å². The number of rotatable bonds is 3.